The third-order valence-corrected chi connectivity index (χ3v) is 2.63. The molecule has 0 heterocycles. The van der Waals surface area contributed by atoms with Crippen LogP contribution < -0.4 is 15.8 Å². The van der Waals surface area contributed by atoms with Gasteiger partial charge in [0.05, 0.1) is 0 Å². The highest BCUT2D eigenvalue weighted by Crippen LogP contribution is 2.26. The standard InChI is InChI=1S/C13H17ClN2O2/c1-2-8-16-13(17)9-18-12-5-3-4-11(14)10(12)6-7-15/h2-5H,1,6-9,15H2,(H,16,17). The zero-order valence-corrected chi connectivity index (χ0v) is 10.9. The van der Waals surface area contributed by atoms with Gasteiger partial charge < -0.3 is 15.8 Å². The maximum atomic E-state index is 11.4. The van der Waals surface area contributed by atoms with Crippen LogP contribution in [-0.4, -0.2) is 25.6 Å². The Morgan fingerprint density at radius 1 is 1.56 bits per heavy atom. The van der Waals surface area contributed by atoms with Crippen molar-refractivity contribution in [3.8, 4) is 5.75 Å². The van der Waals surface area contributed by atoms with E-state index >= 15 is 0 Å². The van der Waals surface area contributed by atoms with E-state index in [2.05, 4.69) is 11.9 Å². The van der Waals surface area contributed by atoms with E-state index in [0.29, 0.717) is 30.3 Å². The van der Waals surface area contributed by atoms with E-state index in [0.717, 1.165) is 5.56 Å². The molecule has 4 nitrogen and oxygen atoms in total. The lowest BCUT2D eigenvalue weighted by molar-refractivity contribution is -0.122. The van der Waals surface area contributed by atoms with E-state index in [1.165, 1.54) is 0 Å². The zero-order valence-electron chi connectivity index (χ0n) is 10.1. The Bertz CT molecular complexity index is 421. The fourth-order valence-corrected chi connectivity index (χ4v) is 1.70. The summed E-state index contributed by atoms with van der Waals surface area (Å²) >= 11 is 6.06. The van der Waals surface area contributed by atoms with Crippen LogP contribution in [0.15, 0.2) is 30.9 Å². The molecule has 0 unspecified atom stereocenters. The molecule has 0 radical (unpaired) electrons. The van der Waals surface area contributed by atoms with Gasteiger partial charge in [0, 0.05) is 17.1 Å². The quantitative estimate of drug-likeness (QED) is 0.737. The Morgan fingerprint density at radius 3 is 3.00 bits per heavy atom. The number of nitrogens with two attached hydrogens (primary N) is 1. The number of hydrogen-bond acceptors (Lipinski definition) is 3. The molecular weight excluding hydrogens is 252 g/mol. The predicted octanol–water partition coefficient (Wildman–Crippen LogP) is 1.52. The fraction of sp³-hybridized carbons (Fsp3) is 0.308. The Balaban J connectivity index is 2.63. The number of rotatable bonds is 7. The summed E-state index contributed by atoms with van der Waals surface area (Å²) in [5, 5.41) is 3.23. The number of hydrogen-bond donors (Lipinski definition) is 2. The van der Waals surface area contributed by atoms with Crippen molar-refractivity contribution in [2.24, 2.45) is 5.73 Å². The number of amides is 1. The predicted molar refractivity (Wildman–Crippen MR) is 72.9 cm³/mol. The average Bonchev–Trinajstić information content (AvgIpc) is 2.37. The van der Waals surface area contributed by atoms with Gasteiger partial charge in [-0.25, -0.2) is 0 Å². The summed E-state index contributed by atoms with van der Waals surface area (Å²) in [6.07, 6.45) is 2.22. The molecule has 0 spiro atoms. The lowest BCUT2D eigenvalue weighted by Crippen LogP contribution is -2.29. The number of carbonyl (C=O) groups is 1. The number of nitrogens with one attached hydrogen (secondary N) is 1. The summed E-state index contributed by atoms with van der Waals surface area (Å²) in [6, 6.07) is 5.33. The molecule has 1 amide bonds. The Kier molecular flexibility index (Phi) is 6.25. The molecule has 0 saturated heterocycles. The third-order valence-electron chi connectivity index (χ3n) is 2.27. The number of halogens is 1. The van der Waals surface area contributed by atoms with Crippen LogP contribution in [0.4, 0.5) is 0 Å². The first-order valence-corrected chi connectivity index (χ1v) is 6.04. The molecular formula is C13H17ClN2O2. The van der Waals surface area contributed by atoms with E-state index in [9.17, 15) is 4.79 Å². The number of carbonyl (C=O) groups excluding carboxylic acids is 1. The second-order valence-electron chi connectivity index (χ2n) is 3.64. The Hall–Kier alpha value is -1.52. The summed E-state index contributed by atoms with van der Waals surface area (Å²) in [4.78, 5) is 11.4. The first kappa shape index (κ1) is 14.5. The number of ether oxygens (including phenoxy) is 1. The van der Waals surface area contributed by atoms with Gasteiger partial charge in [-0.05, 0) is 25.1 Å². The minimum absolute atomic E-state index is 0.0498. The lowest BCUT2D eigenvalue weighted by Gasteiger charge is -2.12. The van der Waals surface area contributed by atoms with Crippen molar-refractivity contribution in [2.75, 3.05) is 19.7 Å². The maximum absolute atomic E-state index is 11.4. The molecule has 0 aliphatic heterocycles. The van der Waals surface area contributed by atoms with Crippen molar-refractivity contribution in [1.82, 2.24) is 5.32 Å². The Labute approximate surface area is 112 Å². The fourth-order valence-electron chi connectivity index (χ4n) is 1.44. The van der Waals surface area contributed by atoms with Crippen molar-refractivity contribution < 1.29 is 9.53 Å². The van der Waals surface area contributed by atoms with Crippen LogP contribution in [0.5, 0.6) is 5.75 Å². The topological polar surface area (TPSA) is 64.3 Å². The summed E-state index contributed by atoms with van der Waals surface area (Å²) in [6.45, 7) is 4.36. The van der Waals surface area contributed by atoms with Crippen LogP contribution >= 0.6 is 11.6 Å². The highest BCUT2D eigenvalue weighted by molar-refractivity contribution is 6.31. The number of benzene rings is 1. The first-order valence-electron chi connectivity index (χ1n) is 5.67. The van der Waals surface area contributed by atoms with Crippen LogP contribution in [0, 0.1) is 0 Å². The van der Waals surface area contributed by atoms with Crippen molar-refractivity contribution in [3.05, 3.63) is 41.4 Å². The molecule has 0 aliphatic carbocycles. The van der Waals surface area contributed by atoms with Crippen LogP contribution in [0.3, 0.4) is 0 Å². The average molecular weight is 269 g/mol. The van der Waals surface area contributed by atoms with Crippen LogP contribution in [-0.2, 0) is 11.2 Å². The van der Waals surface area contributed by atoms with Crippen molar-refractivity contribution >= 4 is 17.5 Å². The third kappa shape index (κ3) is 4.39. The molecule has 98 valence electrons. The van der Waals surface area contributed by atoms with Gasteiger partial charge in [-0.15, -0.1) is 6.58 Å². The molecule has 0 aromatic heterocycles. The van der Waals surface area contributed by atoms with Gasteiger partial charge in [-0.1, -0.05) is 23.7 Å². The van der Waals surface area contributed by atoms with E-state index in [1.54, 1.807) is 24.3 Å². The largest absolute Gasteiger partial charge is 0.483 e. The second kappa shape index (κ2) is 7.74. The molecule has 1 aromatic rings. The van der Waals surface area contributed by atoms with E-state index in [-0.39, 0.29) is 12.5 Å². The van der Waals surface area contributed by atoms with Gasteiger partial charge in [-0.2, -0.15) is 0 Å². The van der Waals surface area contributed by atoms with Gasteiger partial charge in [0.1, 0.15) is 5.75 Å². The molecule has 0 bridgehead atoms. The molecule has 0 atom stereocenters. The van der Waals surface area contributed by atoms with Gasteiger partial charge >= 0.3 is 0 Å². The van der Waals surface area contributed by atoms with E-state index in [1.807, 2.05) is 0 Å². The van der Waals surface area contributed by atoms with Crippen LogP contribution in [0.1, 0.15) is 5.56 Å². The van der Waals surface area contributed by atoms with E-state index < -0.39 is 0 Å². The normalized spacial score (nSPS) is 9.89. The lowest BCUT2D eigenvalue weighted by atomic mass is 10.1. The highest BCUT2D eigenvalue weighted by Gasteiger charge is 2.09. The Morgan fingerprint density at radius 2 is 2.33 bits per heavy atom. The van der Waals surface area contributed by atoms with Crippen molar-refractivity contribution in [3.63, 3.8) is 0 Å². The summed E-state index contributed by atoms with van der Waals surface area (Å²) in [5.74, 6) is 0.398. The highest BCUT2D eigenvalue weighted by atomic mass is 35.5. The minimum Gasteiger partial charge on any atom is -0.483 e. The van der Waals surface area contributed by atoms with Crippen LogP contribution in [0.2, 0.25) is 5.02 Å². The van der Waals surface area contributed by atoms with E-state index in [4.69, 9.17) is 22.1 Å². The molecule has 0 saturated carbocycles. The molecule has 18 heavy (non-hydrogen) atoms. The first-order chi connectivity index (χ1) is 8.69. The van der Waals surface area contributed by atoms with Gasteiger partial charge in [-0.3, -0.25) is 4.79 Å². The molecule has 3 N–H and O–H groups in total. The second-order valence-corrected chi connectivity index (χ2v) is 4.04. The smallest absolute Gasteiger partial charge is 0.258 e. The van der Waals surface area contributed by atoms with Crippen LogP contribution in [0.25, 0.3) is 0 Å². The SMILES string of the molecule is C=CCNC(=O)COc1cccc(Cl)c1CCN. The molecule has 0 fully saturated rings. The molecule has 0 aliphatic rings. The van der Waals surface area contributed by atoms with Gasteiger partial charge in [0.2, 0.25) is 0 Å². The monoisotopic (exact) mass is 268 g/mol. The summed E-state index contributed by atoms with van der Waals surface area (Å²) in [7, 11) is 0. The van der Waals surface area contributed by atoms with Gasteiger partial charge in [0.25, 0.3) is 5.91 Å². The molecule has 1 rings (SSSR count). The minimum atomic E-state index is -0.200. The molecule has 1 aromatic carbocycles. The summed E-state index contributed by atoms with van der Waals surface area (Å²) in [5.41, 5.74) is 6.35. The maximum Gasteiger partial charge on any atom is 0.258 e. The summed E-state index contributed by atoms with van der Waals surface area (Å²) < 4.78 is 5.44. The van der Waals surface area contributed by atoms with Gasteiger partial charge in [0.15, 0.2) is 6.61 Å². The zero-order chi connectivity index (χ0) is 13.4. The molecule has 5 heteroatoms. The van der Waals surface area contributed by atoms with Crippen molar-refractivity contribution in [1.29, 1.82) is 0 Å². The van der Waals surface area contributed by atoms with Crippen molar-refractivity contribution in [2.45, 2.75) is 6.42 Å².